The summed E-state index contributed by atoms with van der Waals surface area (Å²) in [5.41, 5.74) is 3.09. The summed E-state index contributed by atoms with van der Waals surface area (Å²) < 4.78 is 26.5. The number of rotatable bonds is 10. The Kier molecular flexibility index (Phi) is 7.24. The highest BCUT2D eigenvalue weighted by molar-refractivity contribution is 5.73. The highest BCUT2D eigenvalue weighted by atomic mass is 19.1. The fourth-order valence-electron chi connectivity index (χ4n) is 9.53. The monoisotopic (exact) mass is 640 g/mol. The van der Waals surface area contributed by atoms with Crippen LogP contribution in [0.25, 0.3) is 11.1 Å². The number of aromatic nitrogens is 5. The number of halogens is 1. The smallest absolute Gasteiger partial charge is 0.282 e. The van der Waals surface area contributed by atoms with Gasteiger partial charge in [-0.3, -0.25) is 9.80 Å². The molecule has 2 aromatic heterocycles. The molecule has 10 nitrogen and oxygen atoms in total. The van der Waals surface area contributed by atoms with Crippen molar-refractivity contribution in [2.45, 2.75) is 69.9 Å². The second-order valence-corrected chi connectivity index (χ2v) is 15.7. The van der Waals surface area contributed by atoms with Gasteiger partial charge in [0.1, 0.15) is 24.2 Å². The summed E-state index contributed by atoms with van der Waals surface area (Å²) >= 11 is 0. The molecule has 248 valence electrons. The van der Waals surface area contributed by atoms with Gasteiger partial charge in [-0.1, -0.05) is 13.8 Å². The highest BCUT2D eigenvalue weighted by Gasteiger charge is 2.59. The second kappa shape index (κ2) is 11.4. The summed E-state index contributed by atoms with van der Waals surface area (Å²) in [4.78, 5) is 21.3. The minimum atomic E-state index is -0.336. The molecule has 2 aliphatic carbocycles. The number of hydrogen-bond acceptors (Lipinski definition) is 10. The van der Waals surface area contributed by atoms with E-state index in [1.54, 1.807) is 18.6 Å². The van der Waals surface area contributed by atoms with E-state index in [0.717, 1.165) is 81.7 Å². The molecule has 4 aliphatic heterocycles. The van der Waals surface area contributed by atoms with Crippen LogP contribution in [0.4, 0.5) is 10.2 Å². The molecule has 0 bridgehead atoms. The fourth-order valence-corrected chi connectivity index (χ4v) is 9.53. The Labute approximate surface area is 276 Å². The lowest BCUT2D eigenvalue weighted by atomic mass is 9.57. The predicted molar refractivity (Wildman–Crippen MR) is 175 cm³/mol. The van der Waals surface area contributed by atoms with E-state index >= 15 is 0 Å². The van der Waals surface area contributed by atoms with Gasteiger partial charge in [0.05, 0.1) is 18.9 Å². The molecule has 2 saturated carbocycles. The quantitative estimate of drug-likeness (QED) is 0.295. The van der Waals surface area contributed by atoms with E-state index in [1.807, 2.05) is 0 Å². The van der Waals surface area contributed by atoms with Crippen molar-refractivity contribution in [1.29, 1.82) is 0 Å². The number of benzene rings is 1. The van der Waals surface area contributed by atoms with Crippen LogP contribution in [0.2, 0.25) is 0 Å². The number of ether oxygens (including phenoxy) is 2. The Morgan fingerprint density at radius 1 is 1.02 bits per heavy atom. The van der Waals surface area contributed by atoms with E-state index in [4.69, 9.17) is 9.47 Å². The van der Waals surface area contributed by atoms with E-state index in [-0.39, 0.29) is 11.2 Å². The van der Waals surface area contributed by atoms with Crippen molar-refractivity contribution < 1.29 is 13.9 Å². The molecular formula is C36H45FN8O2. The van der Waals surface area contributed by atoms with Crippen LogP contribution in [-0.2, 0) is 4.74 Å². The topological polar surface area (TPSA) is 92.6 Å². The molecule has 11 heteroatoms. The molecule has 0 amide bonds. The van der Waals surface area contributed by atoms with Gasteiger partial charge in [0, 0.05) is 85.4 Å². The van der Waals surface area contributed by atoms with Crippen molar-refractivity contribution >= 4 is 5.82 Å². The lowest BCUT2D eigenvalue weighted by Gasteiger charge is -2.66. The average molecular weight is 641 g/mol. The van der Waals surface area contributed by atoms with Gasteiger partial charge < -0.3 is 14.4 Å². The van der Waals surface area contributed by atoms with Crippen molar-refractivity contribution in [2.75, 3.05) is 57.4 Å². The minimum Gasteiger partial charge on any atom is -0.434 e. The van der Waals surface area contributed by atoms with Gasteiger partial charge in [-0.2, -0.15) is 0 Å². The van der Waals surface area contributed by atoms with Gasteiger partial charge in [0.15, 0.2) is 5.82 Å². The Balaban J connectivity index is 0.877. The number of anilines is 1. The molecular weight excluding hydrogens is 595 g/mol. The Morgan fingerprint density at radius 2 is 1.87 bits per heavy atom. The maximum atomic E-state index is 14.6. The number of nitrogens with zero attached hydrogens (tertiary/aromatic N) is 8. The Morgan fingerprint density at radius 3 is 2.60 bits per heavy atom. The molecule has 2 spiro atoms. The van der Waals surface area contributed by atoms with Gasteiger partial charge in [-0.15, -0.1) is 10.2 Å². The third kappa shape index (κ3) is 5.29. The third-order valence-corrected chi connectivity index (χ3v) is 12.1. The molecule has 1 aromatic carbocycles. The zero-order valence-electron chi connectivity index (χ0n) is 27.5. The molecule has 47 heavy (non-hydrogen) atoms. The standard InChI is InChI=1S/C36H45FN8O2/c1-23(2)32(26-12-36(13-26)8-10-45(36)15-24-16-46-17-24)44-19-35(20-44)7-9-43(18-35)33-34(42-41-22-40-33)47-30-6-5-27(37)11-28(30)29-14-38-21-39-31(29)25-3-4-25/h5-6,11,14,21-26,32H,3-4,7-10,12-13,15-20H2,1-2H3/t26?,32-,36?/m1/s1. The van der Waals surface area contributed by atoms with Crippen LogP contribution < -0.4 is 9.64 Å². The molecule has 9 rings (SSSR count). The molecule has 6 aliphatic rings. The van der Waals surface area contributed by atoms with Crippen molar-refractivity contribution in [3.8, 4) is 22.8 Å². The largest absolute Gasteiger partial charge is 0.434 e. The zero-order valence-corrected chi connectivity index (χ0v) is 27.5. The summed E-state index contributed by atoms with van der Waals surface area (Å²) in [6.45, 7) is 13.3. The van der Waals surface area contributed by atoms with Crippen LogP contribution in [0.15, 0.2) is 37.1 Å². The summed E-state index contributed by atoms with van der Waals surface area (Å²) in [5.74, 6) is 3.76. The molecule has 6 fully saturated rings. The van der Waals surface area contributed by atoms with Gasteiger partial charge in [-0.05, 0) is 68.6 Å². The third-order valence-electron chi connectivity index (χ3n) is 12.1. The van der Waals surface area contributed by atoms with Crippen LogP contribution in [0.5, 0.6) is 11.6 Å². The predicted octanol–water partition coefficient (Wildman–Crippen LogP) is 5.18. The Bertz CT molecular complexity index is 1630. The van der Waals surface area contributed by atoms with Crippen LogP contribution >= 0.6 is 0 Å². The van der Waals surface area contributed by atoms with Crippen LogP contribution in [-0.4, -0.2) is 99.0 Å². The lowest BCUT2D eigenvalue weighted by molar-refractivity contribution is -0.165. The SMILES string of the molecule is CC(C)[C@H](C1CC2(CCN2CC2COC2)C1)N1CC2(CCN(c3ncnnc3Oc3ccc(F)cc3-c3cncnc3C3CC3)C2)C1. The molecule has 4 saturated heterocycles. The van der Waals surface area contributed by atoms with Crippen molar-refractivity contribution in [1.82, 2.24) is 34.9 Å². The maximum absolute atomic E-state index is 14.6. The first-order chi connectivity index (χ1) is 22.9. The summed E-state index contributed by atoms with van der Waals surface area (Å²) in [6, 6.07) is 5.22. The molecule has 0 unspecified atom stereocenters. The first-order valence-electron chi connectivity index (χ1n) is 17.7. The minimum absolute atomic E-state index is 0.255. The highest BCUT2D eigenvalue weighted by Crippen LogP contribution is 2.55. The van der Waals surface area contributed by atoms with E-state index < -0.39 is 0 Å². The summed E-state index contributed by atoms with van der Waals surface area (Å²) in [6.07, 6.45) is 12.2. The second-order valence-electron chi connectivity index (χ2n) is 15.7. The molecule has 0 N–H and O–H groups in total. The van der Waals surface area contributed by atoms with E-state index in [1.165, 1.54) is 50.8 Å². The van der Waals surface area contributed by atoms with Gasteiger partial charge in [0.25, 0.3) is 5.88 Å². The van der Waals surface area contributed by atoms with Crippen LogP contribution in [0.3, 0.4) is 0 Å². The lowest BCUT2D eigenvalue weighted by Crippen LogP contribution is -2.72. The van der Waals surface area contributed by atoms with Crippen LogP contribution in [0.1, 0.15) is 64.0 Å². The fraction of sp³-hybridized carbons (Fsp3) is 0.639. The van der Waals surface area contributed by atoms with Gasteiger partial charge in [-0.25, -0.2) is 19.3 Å². The number of hydrogen-bond donors (Lipinski definition) is 0. The first-order valence-corrected chi connectivity index (χ1v) is 17.7. The van der Waals surface area contributed by atoms with E-state index in [9.17, 15) is 4.39 Å². The Hall–Kier alpha value is -3.28. The normalized spacial score (nSPS) is 27.8. The van der Waals surface area contributed by atoms with Gasteiger partial charge in [0.2, 0.25) is 0 Å². The van der Waals surface area contributed by atoms with Crippen LogP contribution in [0, 0.1) is 29.0 Å². The molecule has 6 heterocycles. The first kappa shape index (κ1) is 29.8. The summed E-state index contributed by atoms with van der Waals surface area (Å²) in [5, 5.41) is 8.46. The average Bonchev–Trinajstić information content (AvgIpc) is 3.75. The maximum Gasteiger partial charge on any atom is 0.282 e. The van der Waals surface area contributed by atoms with Crippen molar-refractivity contribution in [3.63, 3.8) is 0 Å². The zero-order chi connectivity index (χ0) is 31.8. The van der Waals surface area contributed by atoms with Crippen molar-refractivity contribution in [3.05, 3.63) is 48.6 Å². The molecule has 0 radical (unpaired) electrons. The van der Waals surface area contributed by atoms with E-state index in [0.29, 0.717) is 46.4 Å². The van der Waals surface area contributed by atoms with Gasteiger partial charge >= 0.3 is 0 Å². The van der Waals surface area contributed by atoms with E-state index in [2.05, 4.69) is 53.7 Å². The summed E-state index contributed by atoms with van der Waals surface area (Å²) in [7, 11) is 0. The number of likely N-dealkylation sites (tertiary alicyclic amines) is 2. The van der Waals surface area contributed by atoms with Crippen molar-refractivity contribution in [2.24, 2.45) is 23.2 Å². The molecule has 1 atom stereocenters. The molecule has 3 aromatic rings.